The van der Waals surface area contributed by atoms with Gasteiger partial charge in [0, 0.05) is 12.5 Å². The molecule has 0 bridgehead atoms. The van der Waals surface area contributed by atoms with E-state index in [1.807, 2.05) is 0 Å². The second kappa shape index (κ2) is 5.29. The highest BCUT2D eigenvalue weighted by molar-refractivity contribution is 5.45. The van der Waals surface area contributed by atoms with Crippen molar-refractivity contribution in [1.29, 1.82) is 0 Å². The molecule has 1 fully saturated rings. The van der Waals surface area contributed by atoms with Crippen molar-refractivity contribution in [1.82, 2.24) is 5.32 Å². The zero-order valence-electron chi connectivity index (χ0n) is 10.9. The zero-order chi connectivity index (χ0) is 12.4. The van der Waals surface area contributed by atoms with Crippen LogP contribution in [0.4, 0.5) is 0 Å². The Bertz CT molecular complexity index is 413. The van der Waals surface area contributed by atoms with E-state index in [2.05, 4.69) is 30.4 Å². The van der Waals surface area contributed by atoms with Gasteiger partial charge in [0.1, 0.15) is 11.9 Å². The van der Waals surface area contributed by atoms with E-state index in [1.165, 1.54) is 17.5 Å². The average molecular weight is 247 g/mol. The lowest BCUT2D eigenvalue weighted by molar-refractivity contribution is 0.140. The van der Waals surface area contributed by atoms with Gasteiger partial charge in [-0.05, 0) is 36.6 Å². The first-order chi connectivity index (χ1) is 8.88. The van der Waals surface area contributed by atoms with Crippen LogP contribution >= 0.6 is 0 Å². The molecule has 2 atom stereocenters. The Kier molecular flexibility index (Phi) is 3.52. The van der Waals surface area contributed by atoms with Gasteiger partial charge in [-0.25, -0.2) is 0 Å². The molecule has 1 aromatic rings. The topological polar surface area (TPSA) is 30.5 Å². The minimum Gasteiger partial charge on any atom is -0.488 e. The van der Waals surface area contributed by atoms with Crippen molar-refractivity contribution in [3.05, 3.63) is 29.3 Å². The normalized spacial score (nSPS) is 26.3. The SMILES string of the molecule is CCNC1CCc2c(OC3CCOC3)cccc21. The van der Waals surface area contributed by atoms with Crippen LogP contribution in [0.5, 0.6) is 5.75 Å². The molecule has 1 heterocycles. The molecular weight excluding hydrogens is 226 g/mol. The molecule has 0 amide bonds. The number of fused-ring (bicyclic) bond motifs is 1. The molecule has 1 saturated heterocycles. The summed E-state index contributed by atoms with van der Waals surface area (Å²) in [7, 11) is 0. The van der Waals surface area contributed by atoms with Crippen LogP contribution in [0.1, 0.15) is 36.9 Å². The lowest BCUT2D eigenvalue weighted by Gasteiger charge is -2.16. The summed E-state index contributed by atoms with van der Waals surface area (Å²) in [6.45, 7) is 4.75. The minimum absolute atomic E-state index is 0.245. The Morgan fingerprint density at radius 1 is 1.39 bits per heavy atom. The second-order valence-corrected chi connectivity index (χ2v) is 5.08. The summed E-state index contributed by atoms with van der Waals surface area (Å²) in [6, 6.07) is 6.95. The summed E-state index contributed by atoms with van der Waals surface area (Å²) in [5, 5.41) is 3.54. The maximum Gasteiger partial charge on any atom is 0.124 e. The molecule has 1 aliphatic heterocycles. The third kappa shape index (κ3) is 2.25. The fourth-order valence-corrected chi connectivity index (χ4v) is 2.98. The monoisotopic (exact) mass is 247 g/mol. The lowest BCUT2D eigenvalue weighted by Crippen LogP contribution is -2.18. The van der Waals surface area contributed by atoms with Gasteiger partial charge in [0.2, 0.25) is 0 Å². The van der Waals surface area contributed by atoms with Gasteiger partial charge in [-0.1, -0.05) is 19.1 Å². The van der Waals surface area contributed by atoms with E-state index in [9.17, 15) is 0 Å². The molecule has 3 rings (SSSR count). The number of ether oxygens (including phenoxy) is 2. The van der Waals surface area contributed by atoms with E-state index < -0.39 is 0 Å². The van der Waals surface area contributed by atoms with Gasteiger partial charge in [-0.2, -0.15) is 0 Å². The summed E-state index contributed by atoms with van der Waals surface area (Å²) in [6.07, 6.45) is 3.57. The number of hydrogen-bond donors (Lipinski definition) is 1. The molecule has 0 spiro atoms. The molecule has 0 aromatic heterocycles. The van der Waals surface area contributed by atoms with E-state index in [0.717, 1.165) is 38.3 Å². The molecular formula is C15H21NO2. The van der Waals surface area contributed by atoms with Crippen molar-refractivity contribution in [3.63, 3.8) is 0 Å². The van der Waals surface area contributed by atoms with Crippen LogP contribution in [0.15, 0.2) is 18.2 Å². The van der Waals surface area contributed by atoms with Crippen LogP contribution in [0, 0.1) is 0 Å². The van der Waals surface area contributed by atoms with Crippen LogP contribution in [0.2, 0.25) is 0 Å². The molecule has 3 nitrogen and oxygen atoms in total. The Morgan fingerprint density at radius 2 is 2.33 bits per heavy atom. The fourth-order valence-electron chi connectivity index (χ4n) is 2.98. The van der Waals surface area contributed by atoms with Crippen LogP contribution in [0.3, 0.4) is 0 Å². The van der Waals surface area contributed by atoms with Gasteiger partial charge in [0.25, 0.3) is 0 Å². The molecule has 0 radical (unpaired) electrons. The molecule has 1 aliphatic carbocycles. The Balaban J connectivity index is 1.79. The van der Waals surface area contributed by atoms with Crippen LogP contribution in [-0.4, -0.2) is 25.9 Å². The standard InChI is InChI=1S/C15H21NO2/c1-2-16-14-7-6-13-12(14)4-3-5-15(13)18-11-8-9-17-10-11/h3-5,11,14,16H,2,6-10H2,1H3. The molecule has 0 saturated carbocycles. The summed E-state index contributed by atoms with van der Waals surface area (Å²) in [5.74, 6) is 1.07. The molecule has 98 valence electrons. The summed E-state index contributed by atoms with van der Waals surface area (Å²) in [5.41, 5.74) is 2.82. The van der Waals surface area contributed by atoms with E-state index in [0.29, 0.717) is 6.04 Å². The van der Waals surface area contributed by atoms with Crippen molar-refractivity contribution in [2.24, 2.45) is 0 Å². The van der Waals surface area contributed by atoms with Gasteiger partial charge >= 0.3 is 0 Å². The first-order valence-electron chi connectivity index (χ1n) is 6.98. The maximum atomic E-state index is 6.09. The zero-order valence-corrected chi connectivity index (χ0v) is 10.9. The van der Waals surface area contributed by atoms with Crippen LogP contribution < -0.4 is 10.1 Å². The molecule has 1 aromatic carbocycles. The predicted octanol–water partition coefficient (Wildman–Crippen LogP) is 2.45. The van der Waals surface area contributed by atoms with Crippen LogP contribution in [0.25, 0.3) is 0 Å². The summed E-state index contributed by atoms with van der Waals surface area (Å²) >= 11 is 0. The number of nitrogens with one attached hydrogen (secondary N) is 1. The van der Waals surface area contributed by atoms with Gasteiger partial charge in [0.15, 0.2) is 0 Å². The highest BCUT2D eigenvalue weighted by Gasteiger charge is 2.26. The average Bonchev–Trinajstić information content (AvgIpc) is 3.01. The molecule has 18 heavy (non-hydrogen) atoms. The fraction of sp³-hybridized carbons (Fsp3) is 0.600. The smallest absolute Gasteiger partial charge is 0.124 e. The van der Waals surface area contributed by atoms with Gasteiger partial charge in [-0.3, -0.25) is 0 Å². The predicted molar refractivity (Wildman–Crippen MR) is 71.0 cm³/mol. The second-order valence-electron chi connectivity index (χ2n) is 5.08. The third-order valence-electron chi connectivity index (χ3n) is 3.86. The number of benzene rings is 1. The Hall–Kier alpha value is -1.06. The van der Waals surface area contributed by atoms with Crippen molar-refractivity contribution in [2.75, 3.05) is 19.8 Å². The maximum absolute atomic E-state index is 6.09. The number of hydrogen-bond acceptors (Lipinski definition) is 3. The van der Waals surface area contributed by atoms with Crippen molar-refractivity contribution in [3.8, 4) is 5.75 Å². The number of rotatable bonds is 4. The molecule has 1 N–H and O–H groups in total. The van der Waals surface area contributed by atoms with Crippen LogP contribution in [-0.2, 0) is 11.2 Å². The van der Waals surface area contributed by atoms with E-state index in [1.54, 1.807) is 0 Å². The summed E-state index contributed by atoms with van der Waals surface area (Å²) in [4.78, 5) is 0. The quantitative estimate of drug-likeness (QED) is 0.886. The largest absolute Gasteiger partial charge is 0.488 e. The van der Waals surface area contributed by atoms with Gasteiger partial charge < -0.3 is 14.8 Å². The van der Waals surface area contributed by atoms with Crippen molar-refractivity contribution in [2.45, 2.75) is 38.3 Å². The Morgan fingerprint density at radius 3 is 3.11 bits per heavy atom. The van der Waals surface area contributed by atoms with Crippen molar-refractivity contribution >= 4 is 0 Å². The van der Waals surface area contributed by atoms with E-state index >= 15 is 0 Å². The lowest BCUT2D eigenvalue weighted by atomic mass is 10.1. The van der Waals surface area contributed by atoms with E-state index in [-0.39, 0.29) is 6.10 Å². The molecule has 2 unspecified atom stereocenters. The third-order valence-corrected chi connectivity index (χ3v) is 3.86. The molecule has 3 heteroatoms. The highest BCUT2D eigenvalue weighted by Crippen LogP contribution is 2.37. The summed E-state index contributed by atoms with van der Waals surface area (Å²) < 4.78 is 11.5. The highest BCUT2D eigenvalue weighted by atomic mass is 16.5. The van der Waals surface area contributed by atoms with E-state index in [4.69, 9.17) is 9.47 Å². The molecule has 2 aliphatic rings. The van der Waals surface area contributed by atoms with Crippen molar-refractivity contribution < 1.29 is 9.47 Å². The minimum atomic E-state index is 0.245. The van der Waals surface area contributed by atoms with Gasteiger partial charge in [0.05, 0.1) is 13.2 Å². The Labute approximate surface area is 108 Å². The van der Waals surface area contributed by atoms with Gasteiger partial charge in [-0.15, -0.1) is 0 Å². The first kappa shape index (κ1) is 12.0. The first-order valence-corrected chi connectivity index (χ1v) is 6.98.